The van der Waals surface area contributed by atoms with Crippen molar-refractivity contribution in [3.8, 4) is 5.75 Å². The minimum absolute atomic E-state index is 0.360. The summed E-state index contributed by atoms with van der Waals surface area (Å²) in [5.74, 6) is 0.606. The predicted molar refractivity (Wildman–Crippen MR) is 78.4 cm³/mol. The predicted octanol–water partition coefficient (Wildman–Crippen LogP) is 2.55. The maximum Gasteiger partial charge on any atom is 0.414 e. The first-order chi connectivity index (χ1) is 7.71. The third kappa shape index (κ3) is 3.85. The smallest absolute Gasteiger partial charge is 0.409 e. The molecule has 4 nitrogen and oxygen atoms in total. The fourth-order valence-corrected chi connectivity index (χ4v) is 1.62. The molecule has 0 heterocycles. The van der Waals surface area contributed by atoms with Gasteiger partial charge in [-0.2, -0.15) is 0 Å². The number of carbonyl (C=O) groups is 1. The van der Waals surface area contributed by atoms with E-state index in [2.05, 4.69) is 43.7 Å². The summed E-state index contributed by atoms with van der Waals surface area (Å²) >= 11 is 2.16. The van der Waals surface area contributed by atoms with Crippen molar-refractivity contribution in [1.29, 1.82) is 0 Å². The van der Waals surface area contributed by atoms with Crippen LogP contribution in [0.15, 0.2) is 18.2 Å². The zero-order valence-electron chi connectivity index (χ0n) is 10.8. The lowest BCUT2D eigenvalue weighted by Gasteiger charge is -2.24. The molecule has 0 aromatic heterocycles. The Hall–Kier alpha value is -0.820. The highest BCUT2D eigenvalue weighted by Crippen LogP contribution is 2.28. The molecule has 0 atom stereocenters. The van der Waals surface area contributed by atoms with E-state index in [1.54, 1.807) is 14.1 Å². The molecule has 0 N–H and O–H groups in total. The molecule has 0 saturated carbocycles. The van der Waals surface area contributed by atoms with Gasteiger partial charge in [0.25, 0.3) is 0 Å². The van der Waals surface area contributed by atoms with Crippen molar-refractivity contribution >= 4 is 34.4 Å². The van der Waals surface area contributed by atoms with Gasteiger partial charge in [0.05, 0.1) is 24.7 Å². The van der Waals surface area contributed by atoms with E-state index < -0.39 is 0 Å². The monoisotopic (exact) mass is 349 g/mol. The van der Waals surface area contributed by atoms with Gasteiger partial charge in [0.15, 0.2) is 5.75 Å². The molecule has 0 aliphatic carbocycles. The standard InChI is InChI=1S/C12H18IN2O2/c1-14(2)12(16)17-11-8-9(15(3,4)5)6-7-10(11)13/h6-8H,1-5H3/q+1. The van der Waals surface area contributed by atoms with Gasteiger partial charge in [-0.25, -0.2) is 4.79 Å². The highest BCUT2D eigenvalue weighted by molar-refractivity contribution is 14.1. The molecule has 0 spiro atoms. The third-order valence-electron chi connectivity index (χ3n) is 2.25. The van der Waals surface area contributed by atoms with Gasteiger partial charge < -0.3 is 9.64 Å². The number of hydrogen-bond acceptors (Lipinski definition) is 2. The number of amides is 1. The number of ether oxygens (including phenoxy) is 1. The number of benzene rings is 1. The summed E-state index contributed by atoms with van der Waals surface area (Å²) in [6.07, 6.45) is -0.360. The molecule has 1 rings (SSSR count). The number of hydrogen-bond donors (Lipinski definition) is 0. The summed E-state index contributed by atoms with van der Waals surface area (Å²) in [7, 11) is 9.54. The molecule has 0 unspecified atom stereocenters. The van der Waals surface area contributed by atoms with Crippen molar-refractivity contribution in [2.75, 3.05) is 35.2 Å². The van der Waals surface area contributed by atoms with Gasteiger partial charge >= 0.3 is 6.09 Å². The number of carbonyl (C=O) groups excluding carboxylic acids is 1. The van der Waals surface area contributed by atoms with E-state index in [0.29, 0.717) is 10.2 Å². The second kappa shape index (κ2) is 5.22. The van der Waals surface area contributed by atoms with Gasteiger partial charge in [-0.1, -0.05) is 0 Å². The van der Waals surface area contributed by atoms with E-state index in [-0.39, 0.29) is 6.09 Å². The summed E-state index contributed by atoms with van der Waals surface area (Å²) in [5, 5.41) is 0. The van der Waals surface area contributed by atoms with Crippen molar-refractivity contribution in [2.24, 2.45) is 0 Å². The minimum Gasteiger partial charge on any atom is -0.409 e. The molecule has 0 radical (unpaired) electrons. The number of halogens is 1. The van der Waals surface area contributed by atoms with Crippen LogP contribution in [-0.4, -0.2) is 46.2 Å². The van der Waals surface area contributed by atoms with E-state index >= 15 is 0 Å². The van der Waals surface area contributed by atoms with Crippen LogP contribution >= 0.6 is 22.6 Å². The lowest BCUT2D eigenvalue weighted by Crippen LogP contribution is -2.34. The Labute approximate surface area is 116 Å². The van der Waals surface area contributed by atoms with E-state index in [9.17, 15) is 4.79 Å². The molecule has 0 fully saturated rings. The zero-order valence-corrected chi connectivity index (χ0v) is 13.0. The van der Waals surface area contributed by atoms with Crippen molar-refractivity contribution < 1.29 is 9.53 Å². The summed E-state index contributed by atoms with van der Waals surface area (Å²) in [4.78, 5) is 12.9. The van der Waals surface area contributed by atoms with Crippen molar-refractivity contribution in [3.05, 3.63) is 21.8 Å². The molecule has 0 saturated heterocycles. The maximum absolute atomic E-state index is 11.5. The topological polar surface area (TPSA) is 29.5 Å². The Morgan fingerprint density at radius 2 is 1.88 bits per heavy atom. The lowest BCUT2D eigenvalue weighted by atomic mass is 10.2. The lowest BCUT2D eigenvalue weighted by molar-refractivity contribution is 0.171. The van der Waals surface area contributed by atoms with Crippen LogP contribution in [0.2, 0.25) is 0 Å². The quantitative estimate of drug-likeness (QED) is 0.607. The van der Waals surface area contributed by atoms with Gasteiger partial charge in [-0.3, -0.25) is 4.48 Å². The number of nitrogens with zero attached hydrogens (tertiary/aromatic N) is 2. The Morgan fingerprint density at radius 1 is 1.29 bits per heavy atom. The van der Waals surface area contributed by atoms with Crippen molar-refractivity contribution in [2.45, 2.75) is 0 Å². The SMILES string of the molecule is CN(C)C(=O)Oc1cc([N+](C)(C)C)ccc1I. The van der Waals surface area contributed by atoms with Gasteiger partial charge in [0.1, 0.15) is 5.69 Å². The molecule has 1 amide bonds. The zero-order chi connectivity index (χ0) is 13.2. The van der Waals surface area contributed by atoms with E-state index in [0.717, 1.165) is 9.26 Å². The van der Waals surface area contributed by atoms with Crippen LogP contribution in [0, 0.1) is 3.57 Å². The summed E-state index contributed by atoms with van der Waals surface area (Å²) in [6, 6.07) is 5.90. The number of rotatable bonds is 2. The van der Waals surface area contributed by atoms with E-state index in [1.807, 2.05) is 18.2 Å². The molecular formula is C12H18IN2O2+. The van der Waals surface area contributed by atoms with Gasteiger partial charge in [0, 0.05) is 26.2 Å². The number of quaternary nitrogens is 1. The van der Waals surface area contributed by atoms with Crippen LogP contribution < -0.4 is 9.22 Å². The van der Waals surface area contributed by atoms with E-state index in [4.69, 9.17) is 4.74 Å². The molecule has 0 bridgehead atoms. The van der Waals surface area contributed by atoms with Crippen LogP contribution in [0.4, 0.5) is 10.5 Å². The Kier molecular flexibility index (Phi) is 4.37. The van der Waals surface area contributed by atoms with Crippen LogP contribution in [0.1, 0.15) is 0 Å². The summed E-state index contributed by atoms with van der Waals surface area (Å²) in [5.41, 5.74) is 1.09. The fraction of sp³-hybridized carbons (Fsp3) is 0.417. The second-order valence-electron chi connectivity index (χ2n) is 4.89. The van der Waals surface area contributed by atoms with Crippen LogP contribution in [0.25, 0.3) is 0 Å². The van der Waals surface area contributed by atoms with Gasteiger partial charge in [-0.05, 0) is 28.7 Å². The maximum atomic E-state index is 11.5. The molecule has 0 aliphatic heterocycles. The first kappa shape index (κ1) is 14.2. The Morgan fingerprint density at radius 3 is 2.35 bits per heavy atom. The average Bonchev–Trinajstić information content (AvgIpc) is 2.19. The van der Waals surface area contributed by atoms with Crippen LogP contribution in [-0.2, 0) is 0 Å². The fourth-order valence-electron chi connectivity index (χ4n) is 1.17. The van der Waals surface area contributed by atoms with Gasteiger partial charge in [-0.15, -0.1) is 0 Å². The largest absolute Gasteiger partial charge is 0.414 e. The molecule has 94 valence electrons. The third-order valence-corrected chi connectivity index (χ3v) is 3.14. The van der Waals surface area contributed by atoms with Crippen molar-refractivity contribution in [1.82, 2.24) is 9.38 Å². The highest BCUT2D eigenvalue weighted by atomic mass is 127. The van der Waals surface area contributed by atoms with Crippen LogP contribution in [0.3, 0.4) is 0 Å². The molecule has 5 heteroatoms. The van der Waals surface area contributed by atoms with Crippen LogP contribution in [0.5, 0.6) is 5.75 Å². The molecular weight excluding hydrogens is 331 g/mol. The molecule has 0 aliphatic rings. The summed E-state index contributed by atoms with van der Waals surface area (Å²) < 4.78 is 6.92. The van der Waals surface area contributed by atoms with Crippen molar-refractivity contribution in [3.63, 3.8) is 0 Å². The van der Waals surface area contributed by atoms with E-state index in [1.165, 1.54) is 4.90 Å². The summed E-state index contributed by atoms with van der Waals surface area (Å²) in [6.45, 7) is 0. The van der Waals surface area contributed by atoms with Gasteiger partial charge in [0.2, 0.25) is 0 Å². The Bertz CT molecular complexity index is 425. The first-order valence-corrected chi connectivity index (χ1v) is 6.30. The molecule has 1 aromatic rings. The molecule has 1 aromatic carbocycles. The second-order valence-corrected chi connectivity index (χ2v) is 6.05. The average molecular weight is 349 g/mol. The highest BCUT2D eigenvalue weighted by Gasteiger charge is 2.17. The minimum atomic E-state index is -0.360. The molecule has 17 heavy (non-hydrogen) atoms. The Balaban J connectivity index is 3.03. The normalized spacial score (nSPS) is 11.2. The first-order valence-electron chi connectivity index (χ1n) is 5.22.